The first-order valence-electron chi connectivity index (χ1n) is 23.4. The Hall–Kier alpha value is -6.84. The molecule has 0 aliphatic heterocycles. The standard InChI is InChI=1S/C48H31N3/c1-3-13-34(14-4-1)49-44-21-11-8-18-38(44)41-29-32(23-27-46(41)49)33-24-28-47-42(30-33)39-19-9-12-22-45(39)51(47)36-25-26-40-37-17-7-10-20-43(37)50(48(40)31-36)35-15-5-2-6-16-35/h1-31H/i8D,9D,11D,12D,18D,19D,21D,22D,23D,24D,27D,28D,29D,30D. The lowest BCUT2D eigenvalue weighted by Crippen LogP contribution is -1.96. The Balaban J connectivity index is 1.29. The summed E-state index contributed by atoms with van der Waals surface area (Å²) in [6.07, 6.45) is 0. The van der Waals surface area contributed by atoms with Crippen LogP contribution in [0.2, 0.25) is 0 Å². The summed E-state index contributed by atoms with van der Waals surface area (Å²) in [6.45, 7) is 0. The molecule has 3 nitrogen and oxygen atoms in total. The monoisotopic (exact) mass is 663 g/mol. The van der Waals surface area contributed by atoms with Crippen LogP contribution in [0.3, 0.4) is 0 Å². The lowest BCUT2D eigenvalue weighted by Gasteiger charge is -2.11. The summed E-state index contributed by atoms with van der Waals surface area (Å²) < 4.78 is 134. The number of fused-ring (bicyclic) bond motifs is 9. The Morgan fingerprint density at radius 1 is 0.314 bits per heavy atom. The van der Waals surface area contributed by atoms with E-state index in [-0.39, 0.29) is 43.6 Å². The van der Waals surface area contributed by atoms with Crippen molar-refractivity contribution in [3.8, 4) is 28.2 Å². The topological polar surface area (TPSA) is 14.8 Å². The zero-order valence-electron chi connectivity index (χ0n) is 40.7. The molecule has 0 spiro atoms. The van der Waals surface area contributed by atoms with Crippen molar-refractivity contribution in [2.45, 2.75) is 0 Å². The van der Waals surface area contributed by atoms with E-state index in [0.29, 0.717) is 11.4 Å². The molecule has 0 aliphatic rings. The van der Waals surface area contributed by atoms with Gasteiger partial charge < -0.3 is 13.7 Å². The summed E-state index contributed by atoms with van der Waals surface area (Å²) in [5.41, 5.74) is 2.24. The highest BCUT2D eigenvalue weighted by Crippen LogP contribution is 2.40. The van der Waals surface area contributed by atoms with Crippen LogP contribution in [0.4, 0.5) is 0 Å². The molecule has 0 bridgehead atoms. The maximum atomic E-state index is 9.90. The fourth-order valence-electron chi connectivity index (χ4n) is 7.33. The first kappa shape index (κ1) is 17.7. The molecule has 0 amide bonds. The van der Waals surface area contributed by atoms with Crippen molar-refractivity contribution in [3.05, 3.63) is 188 Å². The van der Waals surface area contributed by atoms with Crippen LogP contribution in [-0.2, 0) is 0 Å². The Morgan fingerprint density at radius 2 is 0.784 bits per heavy atom. The number of para-hydroxylation sites is 5. The molecule has 51 heavy (non-hydrogen) atoms. The van der Waals surface area contributed by atoms with Crippen molar-refractivity contribution in [3.63, 3.8) is 0 Å². The first-order chi connectivity index (χ1) is 31.2. The molecule has 0 fully saturated rings. The zero-order chi connectivity index (χ0) is 45.7. The van der Waals surface area contributed by atoms with Crippen LogP contribution in [0.1, 0.15) is 19.2 Å². The average Bonchev–Trinajstić information content (AvgIpc) is 3.99. The van der Waals surface area contributed by atoms with Gasteiger partial charge >= 0.3 is 0 Å². The molecular formula is C48H31N3. The van der Waals surface area contributed by atoms with Gasteiger partial charge in [-0.25, -0.2) is 0 Å². The van der Waals surface area contributed by atoms with E-state index < -0.39 is 95.7 Å². The van der Waals surface area contributed by atoms with Crippen LogP contribution < -0.4 is 0 Å². The molecular weight excluding hydrogens is 619 g/mol. The Kier molecular flexibility index (Phi) is 3.76. The third kappa shape index (κ3) is 4.12. The minimum Gasteiger partial charge on any atom is -0.309 e. The quantitative estimate of drug-likeness (QED) is 0.178. The van der Waals surface area contributed by atoms with Gasteiger partial charge in [0, 0.05) is 49.4 Å². The van der Waals surface area contributed by atoms with Crippen LogP contribution in [0, 0.1) is 0 Å². The van der Waals surface area contributed by atoms with E-state index in [2.05, 4.69) is 4.57 Å². The smallest absolute Gasteiger partial charge is 0.0645 e. The van der Waals surface area contributed by atoms with E-state index in [1.54, 1.807) is 36.4 Å². The second-order valence-corrected chi connectivity index (χ2v) is 12.3. The highest BCUT2D eigenvalue weighted by Gasteiger charge is 2.18. The molecule has 11 rings (SSSR count). The molecule has 11 aromatic rings. The number of hydrogen-bond donors (Lipinski definition) is 0. The third-order valence-corrected chi connectivity index (χ3v) is 9.51. The van der Waals surface area contributed by atoms with Gasteiger partial charge in [0.15, 0.2) is 0 Å². The number of hydrogen-bond acceptors (Lipinski definition) is 0. The average molecular weight is 664 g/mol. The van der Waals surface area contributed by atoms with Crippen molar-refractivity contribution in [2.24, 2.45) is 0 Å². The van der Waals surface area contributed by atoms with Crippen molar-refractivity contribution in [1.29, 1.82) is 0 Å². The molecule has 3 aromatic heterocycles. The number of benzene rings is 8. The van der Waals surface area contributed by atoms with Gasteiger partial charge in [0.05, 0.1) is 52.3 Å². The van der Waals surface area contributed by atoms with Gasteiger partial charge in [-0.1, -0.05) is 109 Å². The largest absolute Gasteiger partial charge is 0.309 e. The van der Waals surface area contributed by atoms with E-state index in [0.717, 1.165) is 27.5 Å². The van der Waals surface area contributed by atoms with Crippen LogP contribution in [-0.4, -0.2) is 13.7 Å². The van der Waals surface area contributed by atoms with Crippen molar-refractivity contribution in [2.75, 3.05) is 0 Å². The van der Waals surface area contributed by atoms with Crippen LogP contribution in [0.5, 0.6) is 0 Å². The summed E-state index contributed by atoms with van der Waals surface area (Å²) >= 11 is 0. The van der Waals surface area contributed by atoms with Gasteiger partial charge in [-0.2, -0.15) is 0 Å². The van der Waals surface area contributed by atoms with E-state index in [1.165, 1.54) is 9.13 Å². The van der Waals surface area contributed by atoms with Gasteiger partial charge in [0.2, 0.25) is 0 Å². The summed E-state index contributed by atoms with van der Waals surface area (Å²) in [5.74, 6) is 0. The minimum absolute atomic E-state index is 0.0353. The van der Waals surface area contributed by atoms with E-state index >= 15 is 0 Å². The first-order valence-corrected chi connectivity index (χ1v) is 16.4. The minimum atomic E-state index is -0.615. The normalized spacial score (nSPS) is 15.8. The van der Waals surface area contributed by atoms with Crippen molar-refractivity contribution < 1.29 is 19.2 Å². The highest BCUT2D eigenvalue weighted by atomic mass is 15.0. The fourth-order valence-corrected chi connectivity index (χ4v) is 7.33. The van der Waals surface area contributed by atoms with Crippen molar-refractivity contribution in [1.82, 2.24) is 13.7 Å². The van der Waals surface area contributed by atoms with Crippen LogP contribution >= 0.6 is 0 Å². The molecule has 238 valence electrons. The van der Waals surface area contributed by atoms with Gasteiger partial charge in [0.25, 0.3) is 0 Å². The molecule has 0 saturated heterocycles. The van der Waals surface area contributed by atoms with Gasteiger partial charge in [0.1, 0.15) is 0 Å². The van der Waals surface area contributed by atoms with Gasteiger partial charge in [-0.05, 0) is 89.8 Å². The van der Waals surface area contributed by atoms with E-state index in [1.807, 2.05) is 66.7 Å². The Morgan fingerprint density at radius 3 is 1.39 bits per heavy atom. The second kappa shape index (κ2) is 10.8. The molecule has 0 N–H and O–H groups in total. The molecule has 0 aliphatic carbocycles. The SMILES string of the molecule is [2H]c1c([2H])c([2H])c2c(c1[2H])c1c([2H])c(-c3c([2H])c([2H])c4c(c3[2H])c3c([2H])c([2H])c([2H])c([2H])c3n4-c3ccc4c5ccccc5n(-c5ccccc5)c4c3)c([2H])c([2H])c1n2-c1ccccc1. The number of nitrogens with zero attached hydrogens (tertiary/aromatic N) is 3. The lowest BCUT2D eigenvalue weighted by atomic mass is 10.0. The van der Waals surface area contributed by atoms with Crippen LogP contribution in [0.15, 0.2) is 188 Å². The zero-order valence-corrected chi connectivity index (χ0v) is 26.7. The van der Waals surface area contributed by atoms with E-state index in [9.17, 15) is 11.0 Å². The molecule has 0 saturated carbocycles. The molecule has 0 radical (unpaired) electrons. The molecule has 3 heterocycles. The number of aromatic nitrogens is 3. The molecule has 0 atom stereocenters. The third-order valence-electron chi connectivity index (χ3n) is 9.51. The predicted octanol–water partition coefficient (Wildman–Crippen LogP) is 12.6. The molecule has 3 heteroatoms. The van der Waals surface area contributed by atoms with Crippen molar-refractivity contribution >= 4 is 65.4 Å². The molecule has 0 unspecified atom stereocenters. The fraction of sp³-hybridized carbons (Fsp3) is 0. The van der Waals surface area contributed by atoms with Gasteiger partial charge in [-0.15, -0.1) is 0 Å². The summed E-state index contributed by atoms with van der Waals surface area (Å²) in [5, 5.41) is 1.37. The maximum Gasteiger partial charge on any atom is 0.0645 e. The Bertz CT molecular complexity index is 3930. The summed E-state index contributed by atoms with van der Waals surface area (Å²) in [7, 11) is 0. The lowest BCUT2D eigenvalue weighted by molar-refractivity contribution is 1.15. The summed E-state index contributed by atoms with van der Waals surface area (Å²) in [6, 6.07) is 24.1. The second-order valence-electron chi connectivity index (χ2n) is 12.3. The Labute approximate surface area is 314 Å². The van der Waals surface area contributed by atoms with Crippen LogP contribution in [0.25, 0.3) is 93.6 Å². The van der Waals surface area contributed by atoms with Gasteiger partial charge in [-0.3, -0.25) is 0 Å². The van der Waals surface area contributed by atoms with E-state index in [4.69, 9.17) is 8.22 Å². The number of rotatable bonds is 4. The molecule has 8 aromatic carbocycles. The maximum absolute atomic E-state index is 9.90. The highest BCUT2D eigenvalue weighted by molar-refractivity contribution is 6.14. The summed E-state index contributed by atoms with van der Waals surface area (Å²) in [4.78, 5) is 0. The predicted molar refractivity (Wildman–Crippen MR) is 215 cm³/mol.